The lowest BCUT2D eigenvalue weighted by Gasteiger charge is -2.13. The number of carbonyl (C=O) groups is 2. The van der Waals surface area contributed by atoms with Gasteiger partial charge < -0.3 is 4.74 Å². The third-order valence-electron chi connectivity index (χ3n) is 3.82. The highest BCUT2D eigenvalue weighted by Crippen LogP contribution is 2.33. The minimum Gasteiger partial charge on any atom is -0.479 e. The minimum absolute atomic E-state index is 0.0393. The van der Waals surface area contributed by atoms with Gasteiger partial charge in [0.05, 0.1) is 23.1 Å². The Hall–Kier alpha value is -3.55. The van der Waals surface area contributed by atoms with Crippen LogP contribution < -0.4 is 4.74 Å². The third-order valence-corrected chi connectivity index (χ3v) is 4.73. The Morgan fingerprint density at radius 3 is 2.52 bits per heavy atom. The first-order valence-electron chi connectivity index (χ1n) is 7.95. The monoisotopic (exact) mass is 375 g/mol. The Morgan fingerprint density at radius 2 is 1.81 bits per heavy atom. The molecule has 132 valence electrons. The zero-order valence-corrected chi connectivity index (χ0v) is 14.9. The van der Waals surface area contributed by atoms with Gasteiger partial charge in [0.1, 0.15) is 11.8 Å². The first-order chi connectivity index (χ1) is 13.1. The van der Waals surface area contributed by atoms with Crippen molar-refractivity contribution in [3.63, 3.8) is 0 Å². The van der Waals surface area contributed by atoms with Gasteiger partial charge in [-0.3, -0.25) is 14.5 Å². The maximum absolute atomic E-state index is 12.6. The number of nitrogens with zero attached hydrogens (tertiary/aromatic N) is 3. The van der Waals surface area contributed by atoms with Crippen LogP contribution in [0.25, 0.3) is 6.08 Å². The van der Waals surface area contributed by atoms with Gasteiger partial charge in [0.25, 0.3) is 11.1 Å². The maximum atomic E-state index is 12.6. The zero-order chi connectivity index (χ0) is 19.2. The summed E-state index contributed by atoms with van der Waals surface area (Å²) in [7, 11) is 0. The van der Waals surface area contributed by atoms with E-state index in [1.165, 1.54) is 0 Å². The van der Waals surface area contributed by atoms with Crippen LogP contribution in [-0.4, -0.2) is 22.7 Å². The van der Waals surface area contributed by atoms with Gasteiger partial charge in [-0.25, -0.2) is 0 Å². The van der Waals surface area contributed by atoms with Crippen LogP contribution in [0.4, 0.5) is 4.79 Å². The van der Waals surface area contributed by atoms with E-state index in [9.17, 15) is 9.59 Å². The van der Waals surface area contributed by atoms with Crippen molar-refractivity contribution in [1.29, 1.82) is 10.5 Å². The zero-order valence-electron chi connectivity index (χ0n) is 14.1. The standard InChI is InChI=1S/C20H13N3O3S/c21-9-10-26-17-7-5-14(6-8-17)11-18-19(24)23(20(25)27-18)13-16-4-2-1-3-15(16)12-22/h1-8,11H,10,13H2/b18-11-. The molecule has 0 aromatic heterocycles. The van der Waals surface area contributed by atoms with E-state index < -0.39 is 0 Å². The second-order valence-electron chi connectivity index (χ2n) is 5.55. The molecule has 0 unspecified atom stereocenters. The largest absolute Gasteiger partial charge is 0.479 e. The van der Waals surface area contributed by atoms with Crippen LogP contribution >= 0.6 is 11.8 Å². The summed E-state index contributed by atoms with van der Waals surface area (Å²) in [5.74, 6) is 0.164. The van der Waals surface area contributed by atoms with Crippen LogP contribution in [0.2, 0.25) is 0 Å². The van der Waals surface area contributed by atoms with Crippen LogP contribution in [0.1, 0.15) is 16.7 Å². The third kappa shape index (κ3) is 4.17. The molecule has 27 heavy (non-hydrogen) atoms. The van der Waals surface area contributed by atoms with E-state index >= 15 is 0 Å². The molecule has 0 bridgehead atoms. The second kappa shape index (κ2) is 8.22. The number of amides is 2. The van der Waals surface area contributed by atoms with Gasteiger partial charge >= 0.3 is 0 Å². The van der Waals surface area contributed by atoms with E-state index in [0.717, 1.165) is 22.2 Å². The normalized spacial score (nSPS) is 14.9. The van der Waals surface area contributed by atoms with Crippen molar-refractivity contribution in [3.8, 4) is 17.9 Å². The number of carbonyl (C=O) groups excluding carboxylic acids is 2. The molecule has 1 saturated heterocycles. The molecule has 1 heterocycles. The van der Waals surface area contributed by atoms with E-state index in [0.29, 0.717) is 21.8 Å². The average Bonchev–Trinajstić information content (AvgIpc) is 2.95. The topological polar surface area (TPSA) is 94.2 Å². The van der Waals surface area contributed by atoms with Crippen LogP contribution in [-0.2, 0) is 11.3 Å². The van der Waals surface area contributed by atoms with Gasteiger partial charge in [-0.2, -0.15) is 10.5 Å². The van der Waals surface area contributed by atoms with Crippen LogP contribution in [0, 0.1) is 22.7 Å². The molecule has 0 spiro atoms. The fourth-order valence-corrected chi connectivity index (χ4v) is 3.34. The molecule has 0 N–H and O–H groups in total. The molecule has 6 nitrogen and oxygen atoms in total. The summed E-state index contributed by atoms with van der Waals surface area (Å²) in [5.41, 5.74) is 1.80. The van der Waals surface area contributed by atoms with E-state index in [2.05, 4.69) is 6.07 Å². The summed E-state index contributed by atoms with van der Waals surface area (Å²) < 4.78 is 5.18. The molecule has 2 amide bonds. The van der Waals surface area contributed by atoms with Crippen molar-refractivity contribution >= 4 is 29.0 Å². The van der Waals surface area contributed by atoms with Crippen molar-refractivity contribution in [2.45, 2.75) is 6.54 Å². The SMILES string of the molecule is N#CCOc1ccc(/C=C2\SC(=O)N(Cc3ccccc3C#N)C2=O)cc1. The Labute approximate surface area is 160 Å². The Balaban J connectivity index is 1.76. The maximum Gasteiger partial charge on any atom is 0.293 e. The quantitative estimate of drug-likeness (QED) is 0.740. The van der Waals surface area contributed by atoms with Gasteiger partial charge in [0.15, 0.2) is 6.61 Å². The Bertz CT molecular complexity index is 1000. The van der Waals surface area contributed by atoms with E-state index in [1.807, 2.05) is 6.07 Å². The summed E-state index contributed by atoms with van der Waals surface area (Å²) in [6.45, 7) is 0.0229. The van der Waals surface area contributed by atoms with Gasteiger partial charge in [0, 0.05) is 0 Å². The summed E-state index contributed by atoms with van der Waals surface area (Å²) in [4.78, 5) is 26.3. The van der Waals surface area contributed by atoms with Crippen molar-refractivity contribution in [2.75, 3.05) is 6.61 Å². The molecule has 0 aliphatic carbocycles. The summed E-state index contributed by atoms with van der Waals surface area (Å²) >= 11 is 0.869. The lowest BCUT2D eigenvalue weighted by atomic mass is 10.1. The fraction of sp³-hybridized carbons (Fsp3) is 0.100. The molecule has 2 aromatic carbocycles. The first-order valence-corrected chi connectivity index (χ1v) is 8.77. The number of imide groups is 1. The number of thioether (sulfide) groups is 1. The van der Waals surface area contributed by atoms with Crippen LogP contribution in [0.15, 0.2) is 53.4 Å². The number of benzene rings is 2. The van der Waals surface area contributed by atoms with Gasteiger partial charge in [-0.05, 0) is 47.2 Å². The predicted molar refractivity (Wildman–Crippen MR) is 100 cm³/mol. The van der Waals surface area contributed by atoms with E-state index in [4.69, 9.17) is 15.3 Å². The average molecular weight is 375 g/mol. The number of nitriles is 2. The molecule has 1 fully saturated rings. The molecular weight excluding hydrogens is 362 g/mol. The molecule has 3 rings (SSSR count). The fourth-order valence-electron chi connectivity index (χ4n) is 2.50. The molecule has 1 aliphatic rings. The van der Waals surface area contributed by atoms with Crippen LogP contribution in [0.5, 0.6) is 5.75 Å². The summed E-state index contributed by atoms with van der Waals surface area (Å²) in [6.07, 6.45) is 1.63. The lowest BCUT2D eigenvalue weighted by Crippen LogP contribution is -2.27. The number of hydrogen-bond donors (Lipinski definition) is 0. The van der Waals surface area contributed by atoms with Crippen molar-refractivity contribution in [3.05, 3.63) is 70.1 Å². The van der Waals surface area contributed by atoms with Gasteiger partial charge in [-0.1, -0.05) is 30.3 Å². The molecule has 7 heteroatoms. The van der Waals surface area contributed by atoms with E-state index in [1.54, 1.807) is 54.6 Å². The molecule has 1 aliphatic heterocycles. The van der Waals surface area contributed by atoms with Crippen molar-refractivity contribution in [2.24, 2.45) is 0 Å². The second-order valence-corrected chi connectivity index (χ2v) is 6.55. The summed E-state index contributed by atoms with van der Waals surface area (Å²) in [6, 6.07) is 17.7. The van der Waals surface area contributed by atoms with Gasteiger partial charge in [-0.15, -0.1) is 0 Å². The van der Waals surface area contributed by atoms with Crippen molar-refractivity contribution in [1.82, 2.24) is 4.90 Å². The smallest absolute Gasteiger partial charge is 0.293 e. The predicted octanol–water partition coefficient (Wildman–Crippen LogP) is 3.70. The highest BCUT2D eigenvalue weighted by Gasteiger charge is 2.35. The van der Waals surface area contributed by atoms with Gasteiger partial charge in [0.2, 0.25) is 0 Å². The highest BCUT2D eigenvalue weighted by molar-refractivity contribution is 8.18. The molecule has 0 radical (unpaired) electrons. The summed E-state index contributed by atoms with van der Waals surface area (Å²) in [5, 5.41) is 17.3. The molecular formula is C20H13N3O3S. The highest BCUT2D eigenvalue weighted by atomic mass is 32.2. The lowest BCUT2D eigenvalue weighted by molar-refractivity contribution is -0.123. The Morgan fingerprint density at radius 1 is 1.07 bits per heavy atom. The van der Waals surface area contributed by atoms with Crippen LogP contribution in [0.3, 0.4) is 0 Å². The number of ether oxygens (including phenoxy) is 1. The van der Waals surface area contributed by atoms with E-state index in [-0.39, 0.29) is 24.3 Å². The number of hydrogen-bond acceptors (Lipinski definition) is 6. The Kier molecular flexibility index (Phi) is 5.55. The molecule has 2 aromatic rings. The minimum atomic E-state index is -0.387. The molecule has 0 atom stereocenters. The van der Waals surface area contributed by atoms with Crippen molar-refractivity contribution < 1.29 is 14.3 Å². The first kappa shape index (κ1) is 18.2. The molecule has 0 saturated carbocycles. The number of rotatable bonds is 5.